The monoisotopic (exact) mass is 653 g/mol. The summed E-state index contributed by atoms with van der Waals surface area (Å²) in [6.45, 7) is 11.6. The number of aryl methyl sites for hydroxylation is 2. The lowest BCUT2D eigenvalue weighted by molar-refractivity contribution is -0.140. The Balaban J connectivity index is 1.82. The molecule has 2 amide bonds. The number of nitrogens with zero attached hydrogens (tertiary/aromatic N) is 2. The summed E-state index contributed by atoms with van der Waals surface area (Å²) in [7, 11) is -4.15. The van der Waals surface area contributed by atoms with Crippen molar-refractivity contribution in [1.82, 2.24) is 10.2 Å². The Bertz CT molecular complexity index is 1740. The van der Waals surface area contributed by atoms with Crippen LogP contribution in [-0.2, 0) is 32.6 Å². The number of rotatable bonds is 14. The molecule has 0 fully saturated rings. The molecule has 2 atom stereocenters. The number of hydrogen-bond donors (Lipinski definition) is 1. The molecule has 0 aliphatic carbocycles. The van der Waals surface area contributed by atoms with Gasteiger partial charge in [0.1, 0.15) is 12.6 Å². The number of nitrogens with one attached hydrogen (secondary N) is 1. The second kappa shape index (κ2) is 15.9. The number of carbonyl (C=O) groups excluding carboxylic acids is 2. The molecule has 0 unspecified atom stereocenters. The normalized spacial score (nSPS) is 12.7. The number of hydrogen-bond acceptors (Lipinski definition) is 4. The van der Waals surface area contributed by atoms with Crippen LogP contribution in [0, 0.1) is 13.8 Å². The van der Waals surface area contributed by atoms with Gasteiger partial charge in [-0.15, -0.1) is 0 Å². The standard InChI is InChI=1S/C39H47N3O4S/c1-7-31(6)40-39(44)37(25-32-13-9-8-10-14-32)41(26-33-15-11-12-30(5)24-33)38(43)27-42(35-20-18-34(19-21-35)28(2)3)47(45,46)36-22-16-29(4)17-23-36/h8-24,28,31,37H,7,25-27H2,1-6H3,(H,40,44)/t31-,37-/m1/s1. The molecule has 0 aromatic heterocycles. The largest absolute Gasteiger partial charge is 0.352 e. The Morgan fingerprint density at radius 2 is 1.40 bits per heavy atom. The van der Waals surface area contributed by atoms with Gasteiger partial charge in [-0.1, -0.05) is 111 Å². The van der Waals surface area contributed by atoms with Crippen LogP contribution in [0.3, 0.4) is 0 Å². The zero-order valence-electron chi connectivity index (χ0n) is 28.3. The molecule has 0 spiro atoms. The molecule has 4 aromatic carbocycles. The van der Waals surface area contributed by atoms with Crippen molar-refractivity contribution in [3.63, 3.8) is 0 Å². The number of carbonyl (C=O) groups is 2. The van der Waals surface area contributed by atoms with Crippen LogP contribution in [0.4, 0.5) is 5.69 Å². The van der Waals surface area contributed by atoms with E-state index in [-0.39, 0.29) is 35.7 Å². The molecule has 248 valence electrons. The van der Waals surface area contributed by atoms with Crippen molar-refractivity contribution in [2.45, 2.75) is 83.8 Å². The molecule has 7 nitrogen and oxygen atoms in total. The van der Waals surface area contributed by atoms with Gasteiger partial charge in [0.05, 0.1) is 10.6 Å². The van der Waals surface area contributed by atoms with Crippen LogP contribution < -0.4 is 9.62 Å². The van der Waals surface area contributed by atoms with E-state index in [2.05, 4.69) is 19.2 Å². The molecule has 4 aromatic rings. The molecule has 8 heteroatoms. The predicted octanol–water partition coefficient (Wildman–Crippen LogP) is 7.18. The summed E-state index contributed by atoms with van der Waals surface area (Å²) >= 11 is 0. The van der Waals surface area contributed by atoms with Crippen LogP contribution >= 0.6 is 0 Å². The quantitative estimate of drug-likeness (QED) is 0.156. The average Bonchev–Trinajstić information content (AvgIpc) is 3.05. The first-order chi connectivity index (χ1) is 22.4. The van der Waals surface area contributed by atoms with Gasteiger partial charge in [-0.3, -0.25) is 13.9 Å². The molecular weight excluding hydrogens is 607 g/mol. The van der Waals surface area contributed by atoms with Crippen molar-refractivity contribution in [3.05, 3.63) is 131 Å². The molecule has 0 bridgehead atoms. The van der Waals surface area contributed by atoms with Crippen molar-refractivity contribution in [2.24, 2.45) is 0 Å². The van der Waals surface area contributed by atoms with Gasteiger partial charge in [0.2, 0.25) is 11.8 Å². The van der Waals surface area contributed by atoms with E-state index in [0.717, 1.165) is 34.2 Å². The van der Waals surface area contributed by atoms with Gasteiger partial charge in [-0.05, 0) is 74.1 Å². The smallest absolute Gasteiger partial charge is 0.264 e. The molecule has 0 saturated carbocycles. The predicted molar refractivity (Wildman–Crippen MR) is 190 cm³/mol. The second-order valence-corrected chi connectivity index (χ2v) is 14.5. The summed E-state index contributed by atoms with van der Waals surface area (Å²) in [5.74, 6) is -0.505. The zero-order chi connectivity index (χ0) is 34.1. The first kappa shape index (κ1) is 35.4. The Kier molecular flexibility index (Phi) is 12.0. The first-order valence-electron chi connectivity index (χ1n) is 16.3. The highest BCUT2D eigenvalue weighted by molar-refractivity contribution is 7.92. The van der Waals surface area contributed by atoms with Crippen LogP contribution in [-0.4, -0.2) is 43.8 Å². The summed E-state index contributed by atoms with van der Waals surface area (Å²) in [6.07, 6.45) is 0.999. The molecule has 0 radical (unpaired) electrons. The van der Waals surface area contributed by atoms with Crippen molar-refractivity contribution in [2.75, 3.05) is 10.8 Å². The summed E-state index contributed by atoms with van der Waals surface area (Å²) in [4.78, 5) is 30.3. The van der Waals surface area contributed by atoms with E-state index in [0.29, 0.717) is 5.69 Å². The van der Waals surface area contributed by atoms with Crippen molar-refractivity contribution < 1.29 is 18.0 Å². The van der Waals surface area contributed by atoms with Crippen molar-refractivity contribution >= 4 is 27.5 Å². The summed E-state index contributed by atoms with van der Waals surface area (Å²) < 4.78 is 29.7. The molecule has 0 aliphatic heterocycles. The topological polar surface area (TPSA) is 86.8 Å². The zero-order valence-corrected chi connectivity index (χ0v) is 29.1. The third kappa shape index (κ3) is 9.32. The van der Waals surface area contributed by atoms with E-state index in [1.807, 2.05) is 94.4 Å². The van der Waals surface area contributed by atoms with Gasteiger partial charge in [-0.2, -0.15) is 0 Å². The van der Waals surface area contributed by atoms with E-state index < -0.39 is 28.5 Å². The van der Waals surface area contributed by atoms with Crippen LogP contribution in [0.15, 0.2) is 108 Å². The van der Waals surface area contributed by atoms with E-state index in [1.165, 1.54) is 4.31 Å². The second-order valence-electron chi connectivity index (χ2n) is 12.6. The van der Waals surface area contributed by atoms with Gasteiger partial charge >= 0.3 is 0 Å². The number of sulfonamides is 1. The Morgan fingerprint density at radius 1 is 0.766 bits per heavy atom. The molecule has 47 heavy (non-hydrogen) atoms. The van der Waals surface area contributed by atoms with Crippen LogP contribution in [0.1, 0.15) is 67.9 Å². The van der Waals surface area contributed by atoms with Crippen molar-refractivity contribution in [1.29, 1.82) is 0 Å². The lowest BCUT2D eigenvalue weighted by atomic mass is 10.0. The fraction of sp³-hybridized carbons (Fsp3) is 0.333. The minimum Gasteiger partial charge on any atom is -0.352 e. The van der Waals surface area contributed by atoms with Crippen LogP contribution in [0.2, 0.25) is 0 Å². The maximum Gasteiger partial charge on any atom is 0.264 e. The third-order valence-electron chi connectivity index (χ3n) is 8.44. The van der Waals surface area contributed by atoms with Gasteiger partial charge in [0.25, 0.3) is 10.0 Å². The molecule has 0 saturated heterocycles. The molecule has 4 rings (SSSR count). The number of anilines is 1. The van der Waals surface area contributed by atoms with E-state index in [1.54, 1.807) is 41.3 Å². The summed E-state index contributed by atoms with van der Waals surface area (Å²) in [5, 5.41) is 3.08. The Hall–Kier alpha value is -4.43. The van der Waals surface area contributed by atoms with Gasteiger partial charge in [0, 0.05) is 19.0 Å². The summed E-state index contributed by atoms with van der Waals surface area (Å²) in [5.41, 5.74) is 5.12. The van der Waals surface area contributed by atoms with E-state index in [9.17, 15) is 18.0 Å². The fourth-order valence-corrected chi connectivity index (χ4v) is 6.81. The van der Waals surface area contributed by atoms with E-state index in [4.69, 9.17) is 0 Å². The molecule has 1 N–H and O–H groups in total. The van der Waals surface area contributed by atoms with Crippen LogP contribution in [0.5, 0.6) is 0 Å². The average molecular weight is 654 g/mol. The lowest BCUT2D eigenvalue weighted by Crippen LogP contribution is -2.54. The van der Waals surface area contributed by atoms with E-state index >= 15 is 0 Å². The lowest BCUT2D eigenvalue weighted by Gasteiger charge is -2.34. The SMILES string of the molecule is CC[C@@H](C)NC(=O)[C@@H](Cc1ccccc1)N(Cc1cccc(C)c1)C(=O)CN(c1ccc(C(C)C)cc1)S(=O)(=O)c1ccc(C)cc1. The third-order valence-corrected chi connectivity index (χ3v) is 10.2. The molecule has 0 heterocycles. The highest BCUT2D eigenvalue weighted by Gasteiger charge is 2.35. The highest BCUT2D eigenvalue weighted by atomic mass is 32.2. The Morgan fingerprint density at radius 3 is 2.00 bits per heavy atom. The Labute approximate surface area is 280 Å². The summed E-state index contributed by atoms with van der Waals surface area (Å²) in [6, 6.07) is 30.3. The highest BCUT2D eigenvalue weighted by Crippen LogP contribution is 2.27. The number of amides is 2. The van der Waals surface area contributed by atoms with Crippen LogP contribution in [0.25, 0.3) is 0 Å². The van der Waals surface area contributed by atoms with Gasteiger partial charge in [0.15, 0.2) is 0 Å². The fourth-order valence-electron chi connectivity index (χ4n) is 5.39. The maximum absolute atomic E-state index is 14.7. The minimum absolute atomic E-state index is 0.0874. The maximum atomic E-state index is 14.7. The van der Waals surface area contributed by atoms with Gasteiger partial charge < -0.3 is 10.2 Å². The molecule has 0 aliphatic rings. The van der Waals surface area contributed by atoms with Crippen molar-refractivity contribution in [3.8, 4) is 0 Å². The molecular formula is C39H47N3O4S. The number of benzene rings is 4. The van der Waals surface area contributed by atoms with Gasteiger partial charge in [-0.25, -0.2) is 8.42 Å². The minimum atomic E-state index is -4.15. The first-order valence-corrected chi connectivity index (χ1v) is 17.7.